The van der Waals surface area contributed by atoms with Gasteiger partial charge in [-0.15, -0.1) is 0 Å². The Kier molecular flexibility index (Phi) is 12.0. The fourth-order valence-electron chi connectivity index (χ4n) is 12.3. The molecule has 2 nitrogen and oxygen atoms in total. The largest absolute Gasteiger partial charge is 0.310 e. The molecule has 3 heteroatoms. The van der Waals surface area contributed by atoms with E-state index in [1.165, 1.54) is 123 Å². The Balaban J connectivity index is 1.22. The number of para-hydroxylation sites is 2. The van der Waals surface area contributed by atoms with E-state index >= 15 is 0 Å². The van der Waals surface area contributed by atoms with Gasteiger partial charge in [-0.2, -0.15) is 0 Å². The average molecular weight is 1000 g/mol. The highest BCUT2D eigenvalue weighted by atomic mass is 15.2. The van der Waals surface area contributed by atoms with Crippen LogP contribution in [0.3, 0.4) is 0 Å². The summed E-state index contributed by atoms with van der Waals surface area (Å²) in [7, 11) is 0. The molecule has 0 aromatic heterocycles. The van der Waals surface area contributed by atoms with Crippen LogP contribution in [0.15, 0.2) is 255 Å². The lowest BCUT2D eigenvalue weighted by atomic mass is 9.33. The summed E-state index contributed by atoms with van der Waals surface area (Å²) in [6.45, 7) is 16.2. The second-order valence-corrected chi connectivity index (χ2v) is 23.3. The predicted molar refractivity (Wildman–Crippen MR) is 335 cm³/mol. The van der Waals surface area contributed by atoms with Gasteiger partial charge in [-0.25, -0.2) is 0 Å². The molecule has 2 heterocycles. The zero-order valence-corrected chi connectivity index (χ0v) is 45.7. The lowest BCUT2D eigenvalue weighted by Crippen LogP contribution is -2.61. The molecule has 0 amide bonds. The average Bonchev–Trinajstić information content (AvgIpc) is 3.50. The molecule has 2 aliphatic heterocycles. The molecular weight excluding hydrogens is 940 g/mol. The molecule has 0 unspecified atom stereocenters. The van der Waals surface area contributed by atoms with Crippen LogP contribution in [-0.4, -0.2) is 6.71 Å². The molecule has 0 N–H and O–H groups in total. The van der Waals surface area contributed by atoms with Gasteiger partial charge in [-0.3, -0.25) is 0 Å². The van der Waals surface area contributed by atoms with Gasteiger partial charge in [0, 0.05) is 45.0 Å². The molecule has 376 valence electrons. The maximum atomic E-state index is 2.68. The van der Waals surface area contributed by atoms with E-state index in [1.807, 2.05) is 0 Å². The van der Waals surface area contributed by atoms with Gasteiger partial charge in [0.1, 0.15) is 0 Å². The number of benzene rings is 11. The van der Waals surface area contributed by atoms with Crippen molar-refractivity contribution in [3.63, 3.8) is 0 Å². The topological polar surface area (TPSA) is 6.48 Å². The molecule has 0 saturated heterocycles. The maximum Gasteiger partial charge on any atom is 0.252 e. The number of aryl methyl sites for hydroxylation is 1. The van der Waals surface area contributed by atoms with Gasteiger partial charge in [-0.1, -0.05) is 272 Å². The quantitative estimate of drug-likeness (QED) is 0.140. The van der Waals surface area contributed by atoms with Gasteiger partial charge in [0.2, 0.25) is 0 Å². The number of fused-ring (bicyclic) bond motifs is 4. The van der Waals surface area contributed by atoms with Crippen molar-refractivity contribution >= 4 is 57.2 Å². The van der Waals surface area contributed by atoms with Crippen molar-refractivity contribution in [3.8, 4) is 66.8 Å². The Bertz CT molecular complexity index is 3920. The van der Waals surface area contributed by atoms with E-state index in [1.54, 1.807) is 0 Å². The van der Waals surface area contributed by atoms with Crippen LogP contribution in [0.2, 0.25) is 0 Å². The number of hydrogen-bond donors (Lipinski definition) is 0. The highest BCUT2D eigenvalue weighted by Crippen LogP contribution is 2.54. The summed E-state index contributed by atoms with van der Waals surface area (Å²) in [6.07, 6.45) is 0. The van der Waals surface area contributed by atoms with E-state index < -0.39 is 0 Å². The van der Waals surface area contributed by atoms with Gasteiger partial charge in [0.25, 0.3) is 6.71 Å². The third-order valence-corrected chi connectivity index (χ3v) is 16.3. The summed E-state index contributed by atoms with van der Waals surface area (Å²) in [4.78, 5) is 5.35. The molecule has 0 radical (unpaired) electrons. The van der Waals surface area contributed by atoms with Crippen LogP contribution in [0.25, 0.3) is 66.8 Å². The standard InChI is InChI=1S/C75H63BN2/c1-50-44-67-66(49-64(50)55-34-21-12-22-35-55)76-65-43-42-57(56-36-23-37-58(45-56)74(2,3)4)46-68(65)78(73-62(53-30-17-10-18-31-53)40-25-41-63(73)54-32-19-11-20-33-54)70-48-59(75(5,6)7)47-69(71(70)76)77(67)72-60(51-26-13-8-14-27-51)38-24-39-61(72)52-28-15-9-16-29-52/h8-49H,1-7H3. The predicted octanol–water partition coefficient (Wildman–Crippen LogP) is 18.7. The van der Waals surface area contributed by atoms with Crippen molar-refractivity contribution in [1.29, 1.82) is 0 Å². The van der Waals surface area contributed by atoms with Crippen LogP contribution in [0.5, 0.6) is 0 Å². The molecule has 78 heavy (non-hydrogen) atoms. The van der Waals surface area contributed by atoms with Crippen molar-refractivity contribution in [3.05, 3.63) is 271 Å². The summed E-state index contributed by atoms with van der Waals surface area (Å²) in [5.41, 5.74) is 28.7. The van der Waals surface area contributed by atoms with Crippen LogP contribution < -0.4 is 26.2 Å². The minimum Gasteiger partial charge on any atom is -0.310 e. The van der Waals surface area contributed by atoms with Crippen molar-refractivity contribution in [2.24, 2.45) is 0 Å². The van der Waals surface area contributed by atoms with E-state index in [0.717, 1.165) is 11.4 Å². The molecule has 0 fully saturated rings. The van der Waals surface area contributed by atoms with Crippen molar-refractivity contribution < 1.29 is 0 Å². The number of anilines is 6. The summed E-state index contributed by atoms with van der Waals surface area (Å²) in [5.74, 6) is 0. The number of rotatable bonds is 8. The van der Waals surface area contributed by atoms with E-state index in [0.29, 0.717) is 0 Å². The Hall–Kier alpha value is -8.92. The second kappa shape index (κ2) is 19.3. The molecule has 0 bridgehead atoms. The molecule has 0 aliphatic carbocycles. The highest BCUT2D eigenvalue weighted by Gasteiger charge is 2.46. The summed E-state index contributed by atoms with van der Waals surface area (Å²) >= 11 is 0. The van der Waals surface area contributed by atoms with E-state index in [-0.39, 0.29) is 17.5 Å². The first-order chi connectivity index (χ1) is 37.9. The van der Waals surface area contributed by atoms with Gasteiger partial charge in [0.15, 0.2) is 0 Å². The summed E-state index contributed by atoms with van der Waals surface area (Å²) in [5, 5.41) is 0. The fourth-order valence-corrected chi connectivity index (χ4v) is 12.3. The van der Waals surface area contributed by atoms with Crippen molar-refractivity contribution in [1.82, 2.24) is 0 Å². The summed E-state index contributed by atoms with van der Waals surface area (Å²) < 4.78 is 0. The van der Waals surface area contributed by atoms with E-state index in [9.17, 15) is 0 Å². The lowest BCUT2D eigenvalue weighted by molar-refractivity contribution is 0.590. The fraction of sp³-hybridized carbons (Fsp3) is 0.120. The zero-order chi connectivity index (χ0) is 53.3. The Morgan fingerprint density at radius 1 is 0.282 bits per heavy atom. The van der Waals surface area contributed by atoms with Gasteiger partial charge in [-0.05, 0) is 120 Å². The smallest absolute Gasteiger partial charge is 0.252 e. The molecule has 11 aromatic rings. The van der Waals surface area contributed by atoms with Crippen molar-refractivity contribution in [2.75, 3.05) is 9.80 Å². The van der Waals surface area contributed by atoms with Crippen LogP contribution in [0.4, 0.5) is 34.1 Å². The van der Waals surface area contributed by atoms with Gasteiger partial charge >= 0.3 is 0 Å². The van der Waals surface area contributed by atoms with Gasteiger partial charge < -0.3 is 9.80 Å². The van der Waals surface area contributed by atoms with Crippen LogP contribution in [0.1, 0.15) is 58.2 Å². The third-order valence-electron chi connectivity index (χ3n) is 16.3. The molecule has 0 spiro atoms. The second-order valence-electron chi connectivity index (χ2n) is 23.3. The Morgan fingerprint density at radius 3 is 1.08 bits per heavy atom. The molecule has 2 aliphatic rings. The zero-order valence-electron chi connectivity index (χ0n) is 45.7. The lowest BCUT2D eigenvalue weighted by Gasteiger charge is -2.46. The normalized spacial score (nSPS) is 12.7. The molecule has 11 aromatic carbocycles. The first-order valence-corrected chi connectivity index (χ1v) is 27.6. The maximum absolute atomic E-state index is 2.68. The SMILES string of the molecule is Cc1cc2c(cc1-c1ccccc1)B1c3ccc(-c4cccc(C(C)(C)C)c4)cc3N(c3c(-c4ccccc4)cccc3-c3ccccc3)c3cc(C(C)(C)C)cc(c31)N2c1c(-c2ccccc2)cccc1-c1ccccc1. The van der Waals surface area contributed by atoms with E-state index in [4.69, 9.17) is 0 Å². The first-order valence-electron chi connectivity index (χ1n) is 27.6. The third kappa shape index (κ3) is 8.46. The number of nitrogens with zero attached hydrogens (tertiary/aromatic N) is 2. The first kappa shape index (κ1) is 48.7. The number of hydrogen-bond acceptors (Lipinski definition) is 2. The molecule has 0 saturated carbocycles. The summed E-state index contributed by atoms with van der Waals surface area (Å²) in [6, 6.07) is 95.5. The van der Waals surface area contributed by atoms with Crippen LogP contribution in [-0.2, 0) is 10.8 Å². The van der Waals surface area contributed by atoms with Crippen molar-refractivity contribution in [2.45, 2.75) is 59.3 Å². The Labute approximate surface area is 462 Å². The monoisotopic (exact) mass is 1000 g/mol. The molecule has 0 atom stereocenters. The molecular formula is C75H63BN2. The Morgan fingerprint density at radius 2 is 0.654 bits per heavy atom. The minimum atomic E-state index is -0.232. The van der Waals surface area contributed by atoms with Crippen LogP contribution >= 0.6 is 0 Å². The highest BCUT2D eigenvalue weighted by molar-refractivity contribution is 7.00. The van der Waals surface area contributed by atoms with E-state index in [2.05, 4.69) is 313 Å². The molecule has 13 rings (SSSR count). The minimum absolute atomic E-state index is 0.0139. The van der Waals surface area contributed by atoms with Crippen LogP contribution in [0, 0.1) is 6.92 Å². The van der Waals surface area contributed by atoms with Gasteiger partial charge in [0.05, 0.1) is 11.4 Å².